The summed E-state index contributed by atoms with van der Waals surface area (Å²) in [4.78, 5) is 5.11. The predicted octanol–water partition coefficient (Wildman–Crippen LogP) is 9.96. The zero-order chi connectivity index (χ0) is 22.7. The Kier molecular flexibility index (Phi) is 5.85. The van der Waals surface area contributed by atoms with Crippen LogP contribution in [0.15, 0.2) is 153 Å². The van der Waals surface area contributed by atoms with Crippen LogP contribution < -0.4 is 0 Å². The highest BCUT2D eigenvalue weighted by atomic mass is 32.2. The molecular weight excluding hydrogens is 448 g/mol. The second kappa shape index (κ2) is 9.42. The van der Waals surface area contributed by atoms with E-state index < -0.39 is 0 Å². The molecule has 2 heteroatoms. The molecule has 162 valence electrons. The summed E-state index contributed by atoms with van der Waals surface area (Å²) in [5.41, 5.74) is 2.48. The maximum absolute atomic E-state index is 2.34. The average Bonchev–Trinajstić information content (AvgIpc) is 2.90. The molecule has 0 nitrogen and oxygen atoms in total. The Morgan fingerprint density at radius 1 is 0.324 bits per heavy atom. The lowest BCUT2D eigenvalue weighted by atomic mass is 10.1. The van der Waals surface area contributed by atoms with Gasteiger partial charge in [-0.1, -0.05) is 133 Å². The first-order valence-electron chi connectivity index (χ1n) is 11.4. The van der Waals surface area contributed by atoms with Gasteiger partial charge in [0.05, 0.1) is 0 Å². The van der Waals surface area contributed by atoms with Crippen molar-refractivity contribution in [3.8, 4) is 11.1 Å². The van der Waals surface area contributed by atoms with Gasteiger partial charge in [0.1, 0.15) is 0 Å². The van der Waals surface area contributed by atoms with Crippen LogP contribution in [0.1, 0.15) is 0 Å². The molecule has 34 heavy (non-hydrogen) atoms. The molecule has 0 atom stereocenters. The summed E-state index contributed by atoms with van der Waals surface area (Å²) < 4.78 is 0. The van der Waals surface area contributed by atoms with Gasteiger partial charge in [-0.25, -0.2) is 0 Å². The predicted molar refractivity (Wildman–Crippen MR) is 148 cm³/mol. The summed E-state index contributed by atoms with van der Waals surface area (Å²) >= 11 is 3.71. The van der Waals surface area contributed by atoms with Crippen molar-refractivity contribution >= 4 is 45.1 Å². The van der Waals surface area contributed by atoms with Crippen LogP contribution in [0.3, 0.4) is 0 Å². The number of hydrogen-bond acceptors (Lipinski definition) is 2. The van der Waals surface area contributed by atoms with E-state index >= 15 is 0 Å². The minimum absolute atomic E-state index is 1.24. The summed E-state index contributed by atoms with van der Waals surface area (Å²) in [6, 6.07) is 47.9. The van der Waals surface area contributed by atoms with Gasteiger partial charge in [-0.2, -0.15) is 0 Å². The van der Waals surface area contributed by atoms with Gasteiger partial charge in [0, 0.05) is 19.6 Å². The molecule has 0 aliphatic carbocycles. The Bertz CT molecular complexity index is 1590. The largest absolute Gasteiger partial charge is 0.0883 e. The van der Waals surface area contributed by atoms with Gasteiger partial charge >= 0.3 is 0 Å². The van der Waals surface area contributed by atoms with Crippen molar-refractivity contribution in [2.24, 2.45) is 0 Å². The van der Waals surface area contributed by atoms with Crippen LogP contribution in [-0.4, -0.2) is 0 Å². The number of benzene rings is 6. The topological polar surface area (TPSA) is 0 Å². The SMILES string of the molecule is c1ccc(-c2ccc(Sc3cccc4ccccc34)c(Sc3cccc4ccccc34)c2)cc1. The molecule has 0 N–H and O–H groups in total. The van der Waals surface area contributed by atoms with Crippen LogP contribution in [0.2, 0.25) is 0 Å². The fraction of sp³-hybridized carbons (Fsp3) is 0. The van der Waals surface area contributed by atoms with Crippen molar-refractivity contribution in [3.63, 3.8) is 0 Å². The number of fused-ring (bicyclic) bond motifs is 2. The normalized spacial score (nSPS) is 11.2. The monoisotopic (exact) mass is 470 g/mol. The summed E-state index contributed by atoms with van der Waals surface area (Å²) in [6.45, 7) is 0. The van der Waals surface area contributed by atoms with E-state index in [1.807, 2.05) is 23.5 Å². The summed E-state index contributed by atoms with van der Waals surface area (Å²) in [5, 5.41) is 5.14. The quantitative estimate of drug-likeness (QED) is 0.246. The van der Waals surface area contributed by atoms with Crippen molar-refractivity contribution < 1.29 is 0 Å². The van der Waals surface area contributed by atoms with Gasteiger partial charge in [0.25, 0.3) is 0 Å². The first kappa shape index (κ1) is 21.1. The van der Waals surface area contributed by atoms with Crippen LogP contribution in [0.5, 0.6) is 0 Å². The Hall–Kier alpha value is -3.46. The molecule has 0 spiro atoms. The molecular formula is C32H22S2. The first-order chi connectivity index (χ1) is 16.8. The van der Waals surface area contributed by atoms with Crippen molar-refractivity contribution in [2.45, 2.75) is 19.6 Å². The van der Waals surface area contributed by atoms with Gasteiger partial charge < -0.3 is 0 Å². The Labute approximate surface area is 208 Å². The molecule has 0 aromatic heterocycles. The van der Waals surface area contributed by atoms with E-state index in [4.69, 9.17) is 0 Å². The fourth-order valence-electron chi connectivity index (χ4n) is 4.29. The summed E-state index contributed by atoms with van der Waals surface area (Å²) in [5.74, 6) is 0. The molecule has 0 aliphatic heterocycles. The van der Waals surface area contributed by atoms with Crippen molar-refractivity contribution in [1.82, 2.24) is 0 Å². The summed E-state index contributed by atoms with van der Waals surface area (Å²) in [7, 11) is 0. The highest BCUT2D eigenvalue weighted by Crippen LogP contribution is 2.44. The van der Waals surface area contributed by atoms with Crippen LogP contribution in [0.25, 0.3) is 32.7 Å². The maximum atomic E-state index is 2.34. The molecule has 0 saturated heterocycles. The standard InChI is InChI=1S/C32H22S2/c1-2-10-23(11-3-1)26-20-21-31(33-29-18-8-14-24-12-4-6-16-27(24)29)32(22-26)34-30-19-9-15-25-13-5-7-17-28(25)30/h1-22H. The second-order valence-electron chi connectivity index (χ2n) is 8.19. The Morgan fingerprint density at radius 3 is 1.50 bits per heavy atom. The van der Waals surface area contributed by atoms with E-state index in [-0.39, 0.29) is 0 Å². The molecule has 0 radical (unpaired) electrons. The molecule has 0 bridgehead atoms. The minimum atomic E-state index is 1.24. The lowest BCUT2D eigenvalue weighted by Gasteiger charge is -2.14. The van der Waals surface area contributed by atoms with Gasteiger partial charge in [-0.05, 0) is 56.9 Å². The van der Waals surface area contributed by atoms with E-state index in [1.54, 1.807) is 0 Å². The molecule has 0 amide bonds. The van der Waals surface area contributed by atoms with Gasteiger partial charge in [0.2, 0.25) is 0 Å². The van der Waals surface area contributed by atoms with Crippen molar-refractivity contribution in [2.75, 3.05) is 0 Å². The zero-order valence-corrected chi connectivity index (χ0v) is 20.2. The highest BCUT2D eigenvalue weighted by Gasteiger charge is 2.12. The molecule has 0 fully saturated rings. The second-order valence-corrected chi connectivity index (χ2v) is 10.4. The molecule has 0 aliphatic rings. The molecule has 0 saturated carbocycles. The van der Waals surface area contributed by atoms with E-state index in [2.05, 4.69) is 133 Å². The van der Waals surface area contributed by atoms with Gasteiger partial charge in [0.15, 0.2) is 0 Å². The lowest BCUT2D eigenvalue weighted by molar-refractivity contribution is 1.24. The van der Waals surface area contributed by atoms with Crippen LogP contribution in [-0.2, 0) is 0 Å². The molecule has 6 rings (SSSR count). The summed E-state index contributed by atoms with van der Waals surface area (Å²) in [6.07, 6.45) is 0. The first-order valence-corrected chi connectivity index (χ1v) is 13.0. The maximum Gasteiger partial charge on any atom is 0.0268 e. The van der Waals surface area contributed by atoms with E-state index in [1.165, 1.54) is 52.3 Å². The van der Waals surface area contributed by atoms with Gasteiger partial charge in [-0.3, -0.25) is 0 Å². The number of rotatable bonds is 5. The lowest BCUT2D eigenvalue weighted by Crippen LogP contribution is -1.86. The third-order valence-electron chi connectivity index (χ3n) is 5.99. The molecule has 0 unspecified atom stereocenters. The minimum Gasteiger partial charge on any atom is -0.0883 e. The van der Waals surface area contributed by atoms with E-state index in [0.29, 0.717) is 0 Å². The molecule has 0 heterocycles. The highest BCUT2D eigenvalue weighted by molar-refractivity contribution is 8.02. The third kappa shape index (κ3) is 4.23. The smallest absolute Gasteiger partial charge is 0.0268 e. The molecule has 6 aromatic rings. The Morgan fingerprint density at radius 2 is 0.853 bits per heavy atom. The van der Waals surface area contributed by atoms with Crippen LogP contribution >= 0.6 is 23.5 Å². The van der Waals surface area contributed by atoms with Crippen molar-refractivity contribution in [3.05, 3.63) is 133 Å². The fourth-order valence-corrected chi connectivity index (χ4v) is 6.55. The van der Waals surface area contributed by atoms with Gasteiger partial charge in [-0.15, -0.1) is 0 Å². The van der Waals surface area contributed by atoms with E-state index in [9.17, 15) is 0 Å². The van der Waals surface area contributed by atoms with Crippen LogP contribution in [0, 0.1) is 0 Å². The van der Waals surface area contributed by atoms with Crippen molar-refractivity contribution in [1.29, 1.82) is 0 Å². The average molecular weight is 471 g/mol. The number of hydrogen-bond donors (Lipinski definition) is 0. The molecule has 6 aromatic carbocycles. The Balaban J connectivity index is 1.47. The third-order valence-corrected chi connectivity index (χ3v) is 8.40. The zero-order valence-electron chi connectivity index (χ0n) is 18.5. The van der Waals surface area contributed by atoms with E-state index in [0.717, 1.165) is 0 Å². The van der Waals surface area contributed by atoms with Crippen LogP contribution in [0.4, 0.5) is 0 Å².